The fraction of sp³-hybridized carbons (Fsp3) is 0.600. The Hall–Kier alpha value is -1.36. The third kappa shape index (κ3) is 4.08. The number of halogens is 4. The molecule has 138 valence electrons. The molecular formula is C20H24F4O. The van der Waals surface area contributed by atoms with E-state index in [1.165, 1.54) is 6.07 Å². The molecule has 0 bridgehead atoms. The monoisotopic (exact) mass is 356 g/mol. The number of hydrogen-bond donors (Lipinski definition) is 0. The van der Waals surface area contributed by atoms with Gasteiger partial charge in [-0.1, -0.05) is 12.1 Å². The first-order valence-electron chi connectivity index (χ1n) is 8.94. The van der Waals surface area contributed by atoms with Crippen LogP contribution in [0.3, 0.4) is 0 Å². The van der Waals surface area contributed by atoms with Gasteiger partial charge in [0.1, 0.15) is 11.9 Å². The molecule has 0 amide bonds. The fourth-order valence-electron chi connectivity index (χ4n) is 4.00. The van der Waals surface area contributed by atoms with Crippen molar-refractivity contribution in [1.82, 2.24) is 0 Å². The minimum absolute atomic E-state index is 0.0417. The van der Waals surface area contributed by atoms with Gasteiger partial charge in [0.25, 0.3) is 0 Å². The zero-order chi connectivity index (χ0) is 18.2. The van der Waals surface area contributed by atoms with Crippen molar-refractivity contribution in [3.63, 3.8) is 0 Å². The minimum atomic E-state index is -4.68. The molecule has 2 fully saturated rings. The highest BCUT2D eigenvalue weighted by Crippen LogP contribution is 2.42. The molecule has 2 aliphatic rings. The third-order valence-corrected chi connectivity index (χ3v) is 5.61. The molecule has 0 spiro atoms. The Labute approximate surface area is 146 Å². The Balaban J connectivity index is 1.80. The summed E-state index contributed by atoms with van der Waals surface area (Å²) >= 11 is 0. The lowest BCUT2D eigenvalue weighted by atomic mass is 9.79. The summed E-state index contributed by atoms with van der Waals surface area (Å²) in [6.07, 6.45) is 1.81. The summed E-state index contributed by atoms with van der Waals surface area (Å²) in [6.45, 7) is 5.75. The lowest BCUT2D eigenvalue weighted by molar-refractivity contribution is -0.140. The molecule has 1 saturated carbocycles. The molecular weight excluding hydrogens is 332 g/mol. The van der Waals surface area contributed by atoms with Gasteiger partial charge in [0.2, 0.25) is 0 Å². The second-order valence-electron chi connectivity index (χ2n) is 7.33. The SMILES string of the molecule is C=CC1CCC(CCc2c(C)cc(C3CO3)c(F)c2C(F)(F)F)CC1. The highest BCUT2D eigenvalue weighted by Gasteiger charge is 2.41. The fourth-order valence-corrected chi connectivity index (χ4v) is 4.00. The molecule has 1 aromatic rings. The van der Waals surface area contributed by atoms with Crippen LogP contribution in [0.25, 0.3) is 0 Å². The lowest BCUT2D eigenvalue weighted by Gasteiger charge is -2.27. The van der Waals surface area contributed by atoms with Crippen LogP contribution < -0.4 is 0 Å². The van der Waals surface area contributed by atoms with Gasteiger partial charge in [0.05, 0.1) is 12.2 Å². The van der Waals surface area contributed by atoms with Crippen molar-refractivity contribution in [2.75, 3.05) is 6.61 Å². The van der Waals surface area contributed by atoms with Crippen LogP contribution in [0.2, 0.25) is 0 Å². The van der Waals surface area contributed by atoms with Crippen LogP contribution >= 0.6 is 0 Å². The maximum absolute atomic E-state index is 14.6. The second-order valence-corrected chi connectivity index (χ2v) is 7.33. The Morgan fingerprint density at radius 3 is 2.40 bits per heavy atom. The number of benzene rings is 1. The molecule has 1 heterocycles. The number of alkyl halides is 3. The maximum Gasteiger partial charge on any atom is 0.419 e. The summed E-state index contributed by atoms with van der Waals surface area (Å²) in [7, 11) is 0. The van der Waals surface area contributed by atoms with E-state index >= 15 is 0 Å². The zero-order valence-electron chi connectivity index (χ0n) is 14.5. The van der Waals surface area contributed by atoms with Crippen LogP contribution in [0.15, 0.2) is 18.7 Å². The van der Waals surface area contributed by atoms with Crippen molar-refractivity contribution in [1.29, 1.82) is 0 Å². The number of hydrogen-bond acceptors (Lipinski definition) is 1. The van der Waals surface area contributed by atoms with E-state index in [0.717, 1.165) is 25.7 Å². The van der Waals surface area contributed by atoms with Gasteiger partial charge in [-0.2, -0.15) is 13.2 Å². The van der Waals surface area contributed by atoms with Crippen LogP contribution in [0.5, 0.6) is 0 Å². The summed E-state index contributed by atoms with van der Waals surface area (Å²) in [5, 5.41) is 0. The van der Waals surface area contributed by atoms with E-state index in [9.17, 15) is 17.6 Å². The third-order valence-electron chi connectivity index (χ3n) is 5.61. The molecule has 1 saturated heterocycles. The second kappa shape index (κ2) is 7.10. The van der Waals surface area contributed by atoms with Gasteiger partial charge in [-0.25, -0.2) is 4.39 Å². The highest BCUT2D eigenvalue weighted by atomic mass is 19.4. The van der Waals surface area contributed by atoms with Crippen molar-refractivity contribution in [3.05, 3.63) is 46.8 Å². The summed E-state index contributed by atoms with van der Waals surface area (Å²) in [5.41, 5.74) is -0.419. The molecule has 3 rings (SSSR count). The van der Waals surface area contributed by atoms with E-state index in [1.54, 1.807) is 6.92 Å². The van der Waals surface area contributed by atoms with E-state index in [2.05, 4.69) is 6.58 Å². The van der Waals surface area contributed by atoms with Crippen LogP contribution in [0.4, 0.5) is 17.6 Å². The van der Waals surface area contributed by atoms with E-state index in [4.69, 9.17) is 4.74 Å². The van der Waals surface area contributed by atoms with Gasteiger partial charge in [-0.15, -0.1) is 6.58 Å². The van der Waals surface area contributed by atoms with Crippen LogP contribution in [-0.4, -0.2) is 6.61 Å². The van der Waals surface area contributed by atoms with Gasteiger partial charge in [0, 0.05) is 5.56 Å². The summed E-state index contributed by atoms with van der Waals surface area (Å²) in [4.78, 5) is 0. The molecule has 0 radical (unpaired) electrons. The molecule has 1 nitrogen and oxygen atoms in total. The van der Waals surface area contributed by atoms with Crippen molar-refractivity contribution in [2.24, 2.45) is 11.8 Å². The molecule has 1 atom stereocenters. The number of epoxide rings is 1. The Bertz CT molecular complexity index is 638. The van der Waals surface area contributed by atoms with Gasteiger partial charge < -0.3 is 4.74 Å². The van der Waals surface area contributed by atoms with E-state index < -0.39 is 23.7 Å². The van der Waals surface area contributed by atoms with Crippen LogP contribution in [0, 0.1) is 24.6 Å². The molecule has 5 heteroatoms. The summed E-state index contributed by atoms with van der Waals surface area (Å²) in [5.74, 6) is -0.212. The Morgan fingerprint density at radius 2 is 1.88 bits per heavy atom. The first-order valence-corrected chi connectivity index (χ1v) is 8.94. The number of aryl methyl sites for hydroxylation is 1. The molecule has 0 aromatic heterocycles. The maximum atomic E-state index is 14.6. The molecule has 1 unspecified atom stereocenters. The summed E-state index contributed by atoms with van der Waals surface area (Å²) < 4.78 is 60.1. The number of rotatable bonds is 5. The highest BCUT2D eigenvalue weighted by molar-refractivity contribution is 5.43. The Kier molecular flexibility index (Phi) is 5.24. The van der Waals surface area contributed by atoms with Crippen molar-refractivity contribution in [3.8, 4) is 0 Å². The standard InChI is InChI=1S/C20H24F4O/c1-3-13-4-6-14(7-5-13)8-9-15-12(2)10-16(17-11-25-17)19(21)18(15)20(22,23)24/h3,10,13-14,17H,1,4-9,11H2,2H3. The molecule has 1 aliphatic heterocycles. The zero-order valence-corrected chi connectivity index (χ0v) is 14.5. The average molecular weight is 356 g/mol. The predicted octanol–water partition coefficient (Wildman–Crippen LogP) is 6.15. The number of allylic oxidation sites excluding steroid dienone is 1. The van der Waals surface area contributed by atoms with Gasteiger partial charge in [-0.3, -0.25) is 0 Å². The predicted molar refractivity (Wildman–Crippen MR) is 88.8 cm³/mol. The van der Waals surface area contributed by atoms with Crippen molar-refractivity contribution < 1.29 is 22.3 Å². The van der Waals surface area contributed by atoms with Crippen LogP contribution in [-0.2, 0) is 17.3 Å². The van der Waals surface area contributed by atoms with Crippen molar-refractivity contribution >= 4 is 0 Å². The van der Waals surface area contributed by atoms with Crippen molar-refractivity contribution in [2.45, 2.75) is 57.7 Å². The molecule has 0 N–H and O–H groups in total. The lowest BCUT2D eigenvalue weighted by Crippen LogP contribution is -2.18. The Morgan fingerprint density at radius 1 is 1.24 bits per heavy atom. The largest absolute Gasteiger partial charge is 0.419 e. The van der Waals surface area contributed by atoms with E-state index in [0.29, 0.717) is 30.4 Å². The van der Waals surface area contributed by atoms with Gasteiger partial charge in [-0.05, 0) is 68.4 Å². The van der Waals surface area contributed by atoms with Gasteiger partial charge >= 0.3 is 6.18 Å². The first kappa shape index (κ1) is 18.4. The smallest absolute Gasteiger partial charge is 0.368 e. The minimum Gasteiger partial charge on any atom is -0.368 e. The number of ether oxygens (including phenoxy) is 1. The van der Waals surface area contributed by atoms with E-state index in [1.807, 2.05) is 6.08 Å². The quantitative estimate of drug-likeness (QED) is 0.350. The molecule has 1 aliphatic carbocycles. The van der Waals surface area contributed by atoms with Gasteiger partial charge in [0.15, 0.2) is 0 Å². The molecule has 1 aromatic carbocycles. The normalized spacial score (nSPS) is 26.5. The van der Waals surface area contributed by atoms with Crippen LogP contribution in [0.1, 0.15) is 60.5 Å². The average Bonchev–Trinajstić information content (AvgIpc) is 3.39. The molecule has 25 heavy (non-hydrogen) atoms. The van der Waals surface area contributed by atoms with E-state index in [-0.39, 0.29) is 17.5 Å². The first-order chi connectivity index (χ1) is 11.8. The topological polar surface area (TPSA) is 12.5 Å². The summed E-state index contributed by atoms with van der Waals surface area (Å²) in [6, 6.07) is 1.53.